The molecule has 0 unspecified atom stereocenters. The Labute approximate surface area is 194 Å². The van der Waals surface area contributed by atoms with Crippen LogP contribution in [-0.4, -0.2) is 47.1 Å². The molecule has 2 aliphatic rings. The van der Waals surface area contributed by atoms with Crippen LogP contribution in [-0.2, 0) is 4.79 Å². The van der Waals surface area contributed by atoms with Gasteiger partial charge in [0.2, 0.25) is 0 Å². The van der Waals surface area contributed by atoms with Crippen molar-refractivity contribution in [2.75, 3.05) is 31.1 Å². The zero-order chi connectivity index (χ0) is 22.8. The molecule has 9 heteroatoms. The van der Waals surface area contributed by atoms with Gasteiger partial charge in [-0.1, -0.05) is 30.3 Å². The van der Waals surface area contributed by atoms with E-state index < -0.39 is 4.92 Å². The zero-order valence-electron chi connectivity index (χ0n) is 17.6. The molecule has 1 amide bonds. The predicted molar refractivity (Wildman–Crippen MR) is 129 cm³/mol. The van der Waals surface area contributed by atoms with E-state index in [1.807, 2.05) is 42.5 Å². The Morgan fingerprint density at radius 3 is 2.33 bits per heavy atom. The molecule has 3 heterocycles. The molecule has 0 aliphatic carbocycles. The van der Waals surface area contributed by atoms with Crippen LogP contribution in [0.2, 0.25) is 0 Å². The van der Waals surface area contributed by atoms with Gasteiger partial charge in [-0.15, -0.1) is 0 Å². The molecule has 33 heavy (non-hydrogen) atoms. The molecule has 0 atom stereocenters. The van der Waals surface area contributed by atoms with Gasteiger partial charge in [-0.25, -0.2) is 0 Å². The second-order valence-electron chi connectivity index (χ2n) is 7.63. The SMILES string of the molecule is O=C1N=C(N2CCN(c3ccc([N+](=O)[O-])cc3)CC2)S/C1=C/c1ccc(-c2ccccc2)o1. The molecule has 0 saturated carbocycles. The lowest BCUT2D eigenvalue weighted by atomic mass is 10.2. The lowest BCUT2D eigenvalue weighted by molar-refractivity contribution is -0.384. The van der Waals surface area contributed by atoms with Crippen LogP contribution in [0.1, 0.15) is 5.76 Å². The number of amides is 1. The van der Waals surface area contributed by atoms with E-state index in [1.165, 1.54) is 23.9 Å². The van der Waals surface area contributed by atoms with Crippen LogP contribution in [0.3, 0.4) is 0 Å². The number of furan rings is 1. The fourth-order valence-electron chi connectivity index (χ4n) is 3.79. The molecular weight excluding hydrogens is 440 g/mol. The van der Waals surface area contributed by atoms with Crippen LogP contribution in [0, 0.1) is 10.1 Å². The zero-order valence-corrected chi connectivity index (χ0v) is 18.4. The highest BCUT2D eigenvalue weighted by Crippen LogP contribution is 2.32. The number of benzene rings is 2. The van der Waals surface area contributed by atoms with E-state index in [-0.39, 0.29) is 11.6 Å². The maximum absolute atomic E-state index is 12.5. The molecule has 0 radical (unpaired) electrons. The summed E-state index contributed by atoms with van der Waals surface area (Å²) >= 11 is 1.36. The number of thioether (sulfide) groups is 1. The standard InChI is InChI=1S/C24H20N4O4S/c29-23-22(16-20-10-11-21(32-20)17-4-2-1-3-5-17)33-24(25-23)27-14-12-26(13-15-27)18-6-8-19(9-7-18)28(30)31/h1-11,16H,12-15H2/b22-16+. The number of piperazine rings is 1. The highest BCUT2D eigenvalue weighted by atomic mass is 32.2. The number of anilines is 1. The van der Waals surface area contributed by atoms with E-state index >= 15 is 0 Å². The van der Waals surface area contributed by atoms with Crippen molar-refractivity contribution in [3.8, 4) is 11.3 Å². The van der Waals surface area contributed by atoms with Gasteiger partial charge in [0.25, 0.3) is 11.6 Å². The molecular formula is C24H20N4O4S. The minimum absolute atomic E-state index is 0.0828. The lowest BCUT2D eigenvalue weighted by Crippen LogP contribution is -2.47. The van der Waals surface area contributed by atoms with Crippen LogP contribution >= 0.6 is 11.8 Å². The first kappa shape index (κ1) is 21.0. The Morgan fingerprint density at radius 2 is 1.64 bits per heavy atom. The largest absolute Gasteiger partial charge is 0.457 e. The summed E-state index contributed by atoms with van der Waals surface area (Å²) in [6.45, 7) is 2.90. The number of aliphatic imine (C=N–C) groups is 1. The fourth-order valence-corrected chi connectivity index (χ4v) is 4.74. The molecule has 1 aromatic heterocycles. The monoisotopic (exact) mass is 460 g/mol. The van der Waals surface area contributed by atoms with Crippen LogP contribution in [0.15, 0.2) is 81.0 Å². The maximum Gasteiger partial charge on any atom is 0.286 e. The summed E-state index contributed by atoms with van der Waals surface area (Å²) in [5, 5.41) is 11.5. The Hall–Kier alpha value is -3.85. The third-order valence-corrected chi connectivity index (χ3v) is 6.59. The van der Waals surface area contributed by atoms with Gasteiger partial charge in [-0.2, -0.15) is 4.99 Å². The molecule has 1 fully saturated rings. The number of nitro groups is 1. The highest BCUT2D eigenvalue weighted by molar-refractivity contribution is 8.18. The Bertz CT molecular complexity index is 1240. The summed E-state index contributed by atoms with van der Waals surface area (Å²) < 4.78 is 5.89. The molecule has 1 saturated heterocycles. The van der Waals surface area contributed by atoms with Crippen LogP contribution in [0.25, 0.3) is 17.4 Å². The van der Waals surface area contributed by atoms with Gasteiger partial charge >= 0.3 is 0 Å². The van der Waals surface area contributed by atoms with E-state index in [0.717, 1.165) is 30.1 Å². The maximum atomic E-state index is 12.5. The summed E-state index contributed by atoms with van der Waals surface area (Å²) in [5.74, 6) is 1.11. The molecule has 8 nitrogen and oxygen atoms in total. The van der Waals surface area contributed by atoms with Crippen LogP contribution in [0.4, 0.5) is 11.4 Å². The number of carbonyl (C=O) groups is 1. The Kier molecular flexibility index (Phi) is 5.70. The topological polar surface area (TPSA) is 92.2 Å². The van der Waals surface area contributed by atoms with Crippen molar-refractivity contribution in [2.24, 2.45) is 4.99 Å². The van der Waals surface area contributed by atoms with Crippen molar-refractivity contribution >= 4 is 40.3 Å². The predicted octanol–water partition coefficient (Wildman–Crippen LogP) is 4.65. The lowest BCUT2D eigenvalue weighted by Gasteiger charge is -2.36. The van der Waals surface area contributed by atoms with Crippen molar-refractivity contribution < 1.29 is 14.1 Å². The average molecular weight is 461 g/mol. The van der Waals surface area contributed by atoms with Gasteiger partial charge in [-0.3, -0.25) is 14.9 Å². The minimum Gasteiger partial charge on any atom is -0.457 e. The number of hydrogen-bond donors (Lipinski definition) is 0. The molecule has 166 valence electrons. The number of nitro benzene ring substituents is 1. The first-order chi connectivity index (χ1) is 16.1. The smallest absolute Gasteiger partial charge is 0.286 e. The number of hydrogen-bond acceptors (Lipinski definition) is 7. The van der Waals surface area contributed by atoms with E-state index in [1.54, 1.807) is 18.2 Å². The summed E-state index contributed by atoms with van der Waals surface area (Å²) in [6.07, 6.45) is 1.74. The number of carbonyl (C=O) groups excluding carboxylic acids is 1. The van der Waals surface area contributed by atoms with Gasteiger partial charge in [0.1, 0.15) is 11.5 Å². The molecule has 0 N–H and O–H groups in total. The second kappa shape index (κ2) is 8.95. The number of nitrogens with zero attached hydrogens (tertiary/aromatic N) is 4. The van der Waals surface area contributed by atoms with Crippen molar-refractivity contribution in [1.82, 2.24) is 4.90 Å². The van der Waals surface area contributed by atoms with Crippen molar-refractivity contribution in [3.05, 3.63) is 87.5 Å². The average Bonchev–Trinajstić information content (AvgIpc) is 3.47. The Morgan fingerprint density at radius 1 is 0.939 bits per heavy atom. The molecule has 3 aromatic rings. The second-order valence-corrected chi connectivity index (χ2v) is 8.63. The summed E-state index contributed by atoms with van der Waals surface area (Å²) in [4.78, 5) is 32.0. The van der Waals surface area contributed by atoms with E-state index in [4.69, 9.17) is 4.42 Å². The molecule has 0 spiro atoms. The third-order valence-electron chi connectivity index (χ3n) is 5.54. The van der Waals surface area contributed by atoms with Crippen molar-refractivity contribution in [1.29, 1.82) is 0 Å². The fraction of sp³-hybridized carbons (Fsp3) is 0.167. The molecule has 0 bridgehead atoms. The first-order valence-electron chi connectivity index (χ1n) is 10.5. The number of non-ortho nitro benzene ring substituents is 1. The van der Waals surface area contributed by atoms with Crippen LogP contribution in [0.5, 0.6) is 0 Å². The van der Waals surface area contributed by atoms with Gasteiger partial charge in [-0.05, 0) is 36.0 Å². The van der Waals surface area contributed by atoms with E-state index in [2.05, 4.69) is 14.8 Å². The van der Waals surface area contributed by atoms with Crippen LogP contribution < -0.4 is 4.90 Å². The highest BCUT2D eigenvalue weighted by Gasteiger charge is 2.29. The normalized spacial score (nSPS) is 17.5. The number of rotatable bonds is 4. The van der Waals surface area contributed by atoms with Gasteiger partial charge < -0.3 is 14.2 Å². The molecule has 2 aromatic carbocycles. The van der Waals surface area contributed by atoms with Gasteiger partial charge in [0.15, 0.2) is 5.17 Å². The first-order valence-corrected chi connectivity index (χ1v) is 11.3. The van der Waals surface area contributed by atoms with E-state index in [9.17, 15) is 14.9 Å². The molecule has 5 rings (SSSR count). The quantitative estimate of drug-likeness (QED) is 0.318. The molecule has 2 aliphatic heterocycles. The van der Waals surface area contributed by atoms with E-state index in [0.29, 0.717) is 28.9 Å². The van der Waals surface area contributed by atoms with Gasteiger partial charge in [0, 0.05) is 55.6 Å². The summed E-state index contributed by atoms with van der Waals surface area (Å²) in [6, 6.07) is 20.1. The summed E-state index contributed by atoms with van der Waals surface area (Å²) in [7, 11) is 0. The van der Waals surface area contributed by atoms with Crippen molar-refractivity contribution in [2.45, 2.75) is 0 Å². The minimum atomic E-state index is -0.398. The third kappa shape index (κ3) is 4.54. The van der Waals surface area contributed by atoms with Gasteiger partial charge in [0.05, 0.1) is 9.83 Å². The Balaban J connectivity index is 1.21. The van der Waals surface area contributed by atoms with Crippen molar-refractivity contribution in [3.63, 3.8) is 0 Å². The number of amidine groups is 1. The summed E-state index contributed by atoms with van der Waals surface area (Å²) in [5.41, 5.74) is 2.01.